The number of benzene rings is 2. The molecule has 154 valence electrons. The summed E-state index contributed by atoms with van der Waals surface area (Å²) in [5.74, 6) is 1.65. The van der Waals surface area contributed by atoms with Gasteiger partial charge in [-0.2, -0.15) is 0 Å². The van der Waals surface area contributed by atoms with E-state index < -0.39 is 5.82 Å². The first kappa shape index (κ1) is 19.5. The van der Waals surface area contributed by atoms with E-state index in [1.807, 2.05) is 12.1 Å². The predicted molar refractivity (Wildman–Crippen MR) is 104 cm³/mol. The molecule has 0 aromatic heterocycles. The van der Waals surface area contributed by atoms with Gasteiger partial charge in [0.05, 0.1) is 19.8 Å². The van der Waals surface area contributed by atoms with Crippen LogP contribution in [0.5, 0.6) is 23.0 Å². The first-order valence-corrected chi connectivity index (χ1v) is 9.65. The number of Topliss-reactive ketones (excluding diaryl/α,β-unsaturated/α-hetero) is 1. The molecule has 0 radical (unpaired) electrons. The van der Waals surface area contributed by atoms with Gasteiger partial charge in [0.15, 0.2) is 17.3 Å². The number of hydrogen-bond donors (Lipinski definition) is 0. The highest BCUT2D eigenvalue weighted by Crippen LogP contribution is 2.42. The van der Waals surface area contributed by atoms with Crippen molar-refractivity contribution in [2.45, 2.75) is 19.4 Å². The van der Waals surface area contributed by atoms with Crippen molar-refractivity contribution in [3.63, 3.8) is 0 Å². The SMILES string of the molecule is COc1ccc(F)cc1C(=O)C1CCCN(Cc2cc(OC)c3c(c2)OCO3)C1. The fourth-order valence-corrected chi connectivity index (χ4v) is 4.04. The van der Waals surface area contributed by atoms with Gasteiger partial charge in [0.2, 0.25) is 12.5 Å². The molecule has 0 bridgehead atoms. The third-order valence-corrected chi connectivity index (χ3v) is 5.43. The van der Waals surface area contributed by atoms with Gasteiger partial charge in [0, 0.05) is 19.0 Å². The van der Waals surface area contributed by atoms with Gasteiger partial charge >= 0.3 is 0 Å². The quantitative estimate of drug-likeness (QED) is 0.689. The van der Waals surface area contributed by atoms with Crippen molar-refractivity contribution >= 4 is 5.78 Å². The van der Waals surface area contributed by atoms with E-state index in [4.69, 9.17) is 18.9 Å². The molecule has 1 saturated heterocycles. The number of methoxy groups -OCH3 is 2. The Morgan fingerprint density at radius 3 is 2.79 bits per heavy atom. The molecule has 0 saturated carbocycles. The van der Waals surface area contributed by atoms with Crippen molar-refractivity contribution in [1.29, 1.82) is 0 Å². The lowest BCUT2D eigenvalue weighted by atomic mass is 9.89. The Labute approximate surface area is 169 Å². The third-order valence-electron chi connectivity index (χ3n) is 5.43. The third kappa shape index (κ3) is 4.00. The largest absolute Gasteiger partial charge is 0.496 e. The number of piperidine rings is 1. The molecule has 7 heteroatoms. The molecule has 2 aromatic rings. The zero-order valence-electron chi connectivity index (χ0n) is 16.6. The van der Waals surface area contributed by atoms with E-state index >= 15 is 0 Å². The van der Waals surface area contributed by atoms with Gasteiger partial charge in [-0.05, 0) is 55.3 Å². The highest BCUT2D eigenvalue weighted by molar-refractivity contribution is 6.00. The number of hydrogen-bond acceptors (Lipinski definition) is 6. The molecule has 2 aromatic carbocycles. The topological polar surface area (TPSA) is 57.2 Å². The van der Waals surface area contributed by atoms with Crippen molar-refractivity contribution in [2.75, 3.05) is 34.1 Å². The summed E-state index contributed by atoms with van der Waals surface area (Å²) >= 11 is 0. The fourth-order valence-electron chi connectivity index (χ4n) is 4.04. The van der Waals surface area contributed by atoms with Crippen LogP contribution in [0.25, 0.3) is 0 Å². The van der Waals surface area contributed by atoms with Crippen LogP contribution in [0.15, 0.2) is 30.3 Å². The van der Waals surface area contributed by atoms with Crippen LogP contribution in [0, 0.1) is 11.7 Å². The van der Waals surface area contributed by atoms with Gasteiger partial charge in [-0.15, -0.1) is 0 Å². The molecule has 6 nitrogen and oxygen atoms in total. The standard InChI is InChI=1S/C22H24FNO5/c1-26-18-6-5-16(23)10-17(18)21(25)15-4-3-7-24(12-15)11-14-8-19(27-2)22-20(9-14)28-13-29-22/h5-6,8-10,15H,3-4,7,11-13H2,1-2H3. The molecule has 29 heavy (non-hydrogen) atoms. The summed E-state index contributed by atoms with van der Waals surface area (Å²) in [6, 6.07) is 7.96. The molecular weight excluding hydrogens is 377 g/mol. The molecule has 0 N–H and O–H groups in total. The van der Waals surface area contributed by atoms with Crippen LogP contribution >= 0.6 is 0 Å². The Bertz CT molecular complexity index is 916. The number of carbonyl (C=O) groups is 1. The Kier molecular flexibility index (Phi) is 5.58. The number of fused-ring (bicyclic) bond motifs is 1. The molecule has 0 spiro atoms. The van der Waals surface area contributed by atoms with E-state index in [0.717, 1.165) is 24.9 Å². The second-order valence-corrected chi connectivity index (χ2v) is 7.31. The minimum Gasteiger partial charge on any atom is -0.496 e. The van der Waals surface area contributed by atoms with Crippen LogP contribution in [0.3, 0.4) is 0 Å². The highest BCUT2D eigenvalue weighted by Gasteiger charge is 2.29. The van der Waals surface area contributed by atoms with Gasteiger partial charge in [0.25, 0.3) is 0 Å². The maximum Gasteiger partial charge on any atom is 0.231 e. The van der Waals surface area contributed by atoms with Crippen LogP contribution in [-0.2, 0) is 6.54 Å². The van der Waals surface area contributed by atoms with Crippen LogP contribution in [-0.4, -0.2) is 44.8 Å². The van der Waals surface area contributed by atoms with E-state index in [2.05, 4.69) is 4.90 Å². The molecule has 1 atom stereocenters. The number of likely N-dealkylation sites (tertiary alicyclic amines) is 1. The normalized spacial score (nSPS) is 18.5. The van der Waals surface area contributed by atoms with E-state index in [-0.39, 0.29) is 18.5 Å². The Morgan fingerprint density at radius 2 is 2.00 bits per heavy atom. The lowest BCUT2D eigenvalue weighted by Gasteiger charge is -2.32. The number of nitrogens with zero attached hydrogens (tertiary/aromatic N) is 1. The summed E-state index contributed by atoms with van der Waals surface area (Å²) in [6.07, 6.45) is 1.68. The first-order valence-electron chi connectivity index (χ1n) is 9.65. The lowest BCUT2D eigenvalue weighted by molar-refractivity contribution is 0.0808. The maximum absolute atomic E-state index is 13.7. The minimum absolute atomic E-state index is 0.0747. The zero-order valence-corrected chi connectivity index (χ0v) is 16.6. The average Bonchev–Trinajstić information content (AvgIpc) is 3.21. The first-order chi connectivity index (χ1) is 14.1. The van der Waals surface area contributed by atoms with E-state index in [1.165, 1.54) is 25.3 Å². The number of rotatable bonds is 6. The fraction of sp³-hybridized carbons (Fsp3) is 0.409. The van der Waals surface area contributed by atoms with Crippen LogP contribution in [0.1, 0.15) is 28.8 Å². The summed E-state index contributed by atoms with van der Waals surface area (Å²) in [7, 11) is 3.09. The molecule has 0 amide bonds. The van der Waals surface area contributed by atoms with Crippen molar-refractivity contribution in [3.8, 4) is 23.0 Å². The maximum atomic E-state index is 13.7. The van der Waals surface area contributed by atoms with Crippen molar-refractivity contribution < 1.29 is 28.1 Å². The minimum atomic E-state index is -0.436. The Balaban J connectivity index is 1.49. The van der Waals surface area contributed by atoms with Crippen molar-refractivity contribution in [1.82, 2.24) is 4.90 Å². The van der Waals surface area contributed by atoms with E-state index in [0.29, 0.717) is 41.7 Å². The number of ketones is 1. The smallest absolute Gasteiger partial charge is 0.231 e. The number of ether oxygens (including phenoxy) is 4. The molecule has 0 aliphatic carbocycles. The van der Waals surface area contributed by atoms with Gasteiger partial charge in [0.1, 0.15) is 11.6 Å². The van der Waals surface area contributed by atoms with Crippen LogP contribution in [0.4, 0.5) is 4.39 Å². The number of carbonyl (C=O) groups excluding carboxylic acids is 1. The average molecular weight is 401 g/mol. The second-order valence-electron chi connectivity index (χ2n) is 7.31. The van der Waals surface area contributed by atoms with E-state index in [1.54, 1.807) is 7.11 Å². The molecule has 1 unspecified atom stereocenters. The van der Waals surface area contributed by atoms with Gasteiger partial charge in [-0.3, -0.25) is 9.69 Å². The molecular formula is C22H24FNO5. The van der Waals surface area contributed by atoms with Gasteiger partial charge in [-0.25, -0.2) is 4.39 Å². The van der Waals surface area contributed by atoms with Crippen LogP contribution < -0.4 is 18.9 Å². The summed E-state index contributed by atoms with van der Waals surface area (Å²) in [5.41, 5.74) is 1.34. The Hall–Kier alpha value is -2.80. The second kappa shape index (κ2) is 8.29. The van der Waals surface area contributed by atoms with Gasteiger partial charge < -0.3 is 18.9 Å². The van der Waals surface area contributed by atoms with Crippen LogP contribution in [0.2, 0.25) is 0 Å². The molecule has 2 aliphatic rings. The molecule has 1 fully saturated rings. The van der Waals surface area contributed by atoms with Crippen molar-refractivity contribution in [3.05, 3.63) is 47.3 Å². The Morgan fingerprint density at radius 1 is 1.17 bits per heavy atom. The lowest BCUT2D eigenvalue weighted by Crippen LogP contribution is -2.38. The molecule has 2 heterocycles. The van der Waals surface area contributed by atoms with E-state index in [9.17, 15) is 9.18 Å². The highest BCUT2D eigenvalue weighted by atomic mass is 19.1. The summed E-state index contributed by atoms with van der Waals surface area (Å²) < 4.78 is 35.3. The molecule has 2 aliphatic heterocycles. The van der Waals surface area contributed by atoms with Crippen molar-refractivity contribution in [2.24, 2.45) is 5.92 Å². The molecule has 4 rings (SSSR count). The summed E-state index contributed by atoms with van der Waals surface area (Å²) in [5, 5.41) is 0. The zero-order chi connectivity index (χ0) is 20.4. The summed E-state index contributed by atoms with van der Waals surface area (Å²) in [6.45, 7) is 2.35. The monoisotopic (exact) mass is 401 g/mol. The summed E-state index contributed by atoms with van der Waals surface area (Å²) in [4.78, 5) is 15.3. The van der Waals surface area contributed by atoms with Gasteiger partial charge in [-0.1, -0.05) is 0 Å². The predicted octanol–water partition coefficient (Wildman–Crippen LogP) is 3.67. The number of halogens is 1.